The van der Waals surface area contributed by atoms with E-state index in [1.165, 1.54) is 193 Å². The number of benzene rings is 2. The molecule has 0 spiro atoms. The first-order chi connectivity index (χ1) is 32.8. The molecule has 2 nitrogen and oxygen atoms in total. The Labute approximate surface area is 436 Å². The van der Waals surface area contributed by atoms with Crippen molar-refractivity contribution in [3.05, 3.63) is 99.8 Å². The van der Waals surface area contributed by atoms with Crippen LogP contribution < -0.4 is 0 Å². The Balaban J connectivity index is 0.00000136. The maximum absolute atomic E-state index is 12.0. The minimum atomic E-state index is 0. The third-order valence-electron chi connectivity index (χ3n) is 13.8. The summed E-state index contributed by atoms with van der Waals surface area (Å²) < 4.78 is 1.56. The van der Waals surface area contributed by atoms with Crippen LogP contribution in [0.4, 0.5) is 0 Å². The van der Waals surface area contributed by atoms with Gasteiger partial charge in [-0.2, -0.15) is 12.8 Å². The smallest absolute Gasteiger partial charge is 0.493 e. The van der Waals surface area contributed by atoms with Gasteiger partial charge in [-0.3, -0.25) is 0 Å². The number of rotatable bonds is 38. The van der Waals surface area contributed by atoms with Crippen molar-refractivity contribution < 1.29 is 21.2 Å². The van der Waals surface area contributed by atoms with E-state index in [0.717, 1.165) is 101 Å². The van der Waals surface area contributed by atoms with Gasteiger partial charge in [0.1, 0.15) is 0 Å². The van der Waals surface area contributed by atoms with Gasteiger partial charge in [-0.15, -0.1) is 0 Å². The van der Waals surface area contributed by atoms with Crippen molar-refractivity contribution in [3.8, 4) is 0 Å². The molecule has 0 aromatic heterocycles. The maximum Gasteiger partial charge on any atom is 2.00 e. The molecule has 0 N–H and O–H groups in total. The van der Waals surface area contributed by atoms with Gasteiger partial charge in [-0.25, -0.2) is 4.70 Å². The second kappa shape index (κ2) is 44.9. The van der Waals surface area contributed by atoms with Crippen molar-refractivity contribution in [2.75, 3.05) is 0 Å². The van der Waals surface area contributed by atoms with Crippen LogP contribution in [0.3, 0.4) is 0 Å². The zero-order valence-electron chi connectivity index (χ0n) is 46.9. The normalized spacial score (nSPS) is 12.2. The molecule has 1 aliphatic rings. The van der Waals surface area contributed by atoms with Gasteiger partial charge in [0, 0.05) is 22.8 Å². The molecule has 0 saturated heterocycles. The van der Waals surface area contributed by atoms with Crippen LogP contribution in [0.1, 0.15) is 312 Å². The zero-order valence-corrected chi connectivity index (χ0v) is 47.9. The fourth-order valence-corrected chi connectivity index (χ4v) is 10.1. The molecule has 392 valence electrons. The molecular weight excluding hydrogens is 867 g/mol. The van der Waals surface area contributed by atoms with Crippen LogP contribution in [-0.2, 0) is 55.0 Å². The van der Waals surface area contributed by atoms with Gasteiger partial charge in [0.05, 0.1) is 0 Å². The molecule has 0 bridgehead atoms. The Morgan fingerprint density at radius 3 is 0.956 bits per heavy atom. The minimum absolute atomic E-state index is 0. The Morgan fingerprint density at radius 2 is 0.647 bits per heavy atom. The van der Waals surface area contributed by atoms with Crippen molar-refractivity contribution in [3.63, 3.8) is 0 Å². The fourth-order valence-electron chi connectivity index (χ4n) is 10.1. The third kappa shape index (κ3) is 27.0. The summed E-state index contributed by atoms with van der Waals surface area (Å²) >= 11 is 0. The molecule has 0 atom stereocenters. The summed E-state index contributed by atoms with van der Waals surface area (Å²) in [5, 5.41) is 0. The second-order valence-corrected chi connectivity index (χ2v) is 20.3. The van der Waals surface area contributed by atoms with E-state index in [4.69, 9.17) is 0 Å². The van der Waals surface area contributed by atoms with Crippen LogP contribution in [-0.4, -0.2) is 4.70 Å². The largest absolute Gasteiger partial charge is 2.00 e. The molecule has 0 radical (unpaired) electrons. The van der Waals surface area contributed by atoms with E-state index in [-0.39, 0.29) is 16.5 Å². The SMILES string of the molecule is CCCCCC1=C(c2cc(CCC)c(CCC)c(CCC)c2)[N+](=[N-])C(c2cc(CCC)c(CCC)c(CCC)c2)=C1.[CH2-]CCCCCCCCCCCC.[CH2-]CCCCCCCCCCCC.[Ni+2]. The Bertz CT molecular complexity index is 1500. The first kappa shape index (κ1) is 66.0. The third-order valence-corrected chi connectivity index (χ3v) is 13.8. The van der Waals surface area contributed by atoms with E-state index < -0.39 is 0 Å². The summed E-state index contributed by atoms with van der Waals surface area (Å²) in [5.41, 5.74) is 26.7. The zero-order chi connectivity index (χ0) is 49.3. The molecule has 1 aliphatic heterocycles. The van der Waals surface area contributed by atoms with Crippen molar-refractivity contribution in [1.82, 2.24) is 0 Å². The molecule has 3 rings (SSSR count). The first-order valence-electron chi connectivity index (χ1n) is 29.6. The Hall–Kier alpha value is -1.99. The molecule has 0 amide bonds. The van der Waals surface area contributed by atoms with Crippen LogP contribution in [0.15, 0.2) is 35.9 Å². The van der Waals surface area contributed by atoms with Crippen molar-refractivity contribution in [2.45, 2.75) is 306 Å². The summed E-state index contributed by atoms with van der Waals surface area (Å²) in [6.07, 6.45) is 51.2. The maximum atomic E-state index is 12.0. The van der Waals surface area contributed by atoms with Crippen LogP contribution in [0.25, 0.3) is 16.9 Å². The van der Waals surface area contributed by atoms with Crippen LogP contribution in [0.2, 0.25) is 0 Å². The van der Waals surface area contributed by atoms with Gasteiger partial charge in [0.25, 0.3) is 0 Å². The van der Waals surface area contributed by atoms with E-state index in [1.54, 1.807) is 15.8 Å². The topological polar surface area (TPSA) is 25.3 Å². The summed E-state index contributed by atoms with van der Waals surface area (Å²) in [4.78, 5) is 0. The number of unbranched alkanes of at least 4 members (excludes halogenated alkanes) is 22. The average molecular weight is 980 g/mol. The number of aryl methyl sites for hydroxylation is 4. The van der Waals surface area contributed by atoms with Gasteiger partial charge >= 0.3 is 16.5 Å². The van der Waals surface area contributed by atoms with E-state index in [2.05, 4.69) is 107 Å². The number of allylic oxidation sites excluding steroid dienone is 2. The Morgan fingerprint density at radius 1 is 0.353 bits per heavy atom. The monoisotopic (exact) mass is 979 g/mol. The second-order valence-electron chi connectivity index (χ2n) is 20.3. The molecule has 0 fully saturated rings. The van der Waals surface area contributed by atoms with Gasteiger partial charge in [0.2, 0.25) is 11.4 Å². The molecule has 0 aliphatic carbocycles. The quantitative estimate of drug-likeness (QED) is 0.0277. The molecule has 1 heterocycles. The van der Waals surface area contributed by atoms with Gasteiger partial charge < -0.3 is 19.4 Å². The fraction of sp³-hybridized carbons (Fsp3) is 0.723. The van der Waals surface area contributed by atoms with Crippen molar-refractivity contribution >= 4 is 11.4 Å². The van der Waals surface area contributed by atoms with E-state index in [0.29, 0.717) is 0 Å². The van der Waals surface area contributed by atoms with Gasteiger partial charge in [-0.05, 0) is 109 Å². The molecule has 2 aromatic rings. The van der Waals surface area contributed by atoms with Crippen LogP contribution in [0.5, 0.6) is 0 Å². The summed E-state index contributed by atoms with van der Waals surface area (Å²) in [5.74, 6) is 0. The molecule has 0 saturated carbocycles. The van der Waals surface area contributed by atoms with Crippen LogP contribution in [0, 0.1) is 13.8 Å². The number of nitrogens with zero attached hydrogens (tertiary/aromatic N) is 2. The first-order valence-corrected chi connectivity index (χ1v) is 29.6. The molecule has 68 heavy (non-hydrogen) atoms. The number of hydrogen-bond donors (Lipinski definition) is 0. The molecule has 0 unspecified atom stereocenters. The summed E-state index contributed by atoms with van der Waals surface area (Å²) in [6.45, 7) is 28.3. The van der Waals surface area contributed by atoms with Gasteiger partial charge in [0.15, 0.2) is 0 Å². The van der Waals surface area contributed by atoms with E-state index in [9.17, 15) is 5.53 Å². The molecule has 2 aromatic carbocycles. The molecular formula is C65H112N2Ni. The summed E-state index contributed by atoms with van der Waals surface area (Å²) in [7, 11) is 0. The Kier molecular flexibility index (Phi) is 43.6. The predicted octanol–water partition coefficient (Wildman–Crippen LogP) is 22.0. The van der Waals surface area contributed by atoms with E-state index in [1.807, 2.05) is 0 Å². The van der Waals surface area contributed by atoms with Crippen molar-refractivity contribution in [2.24, 2.45) is 0 Å². The van der Waals surface area contributed by atoms with Crippen LogP contribution >= 0.6 is 0 Å². The van der Waals surface area contributed by atoms with Crippen molar-refractivity contribution in [1.29, 1.82) is 0 Å². The number of hydrogen-bond acceptors (Lipinski definition) is 0. The average Bonchev–Trinajstić information content (AvgIpc) is 3.65. The molecule has 3 heteroatoms. The summed E-state index contributed by atoms with van der Waals surface area (Å²) in [6, 6.07) is 9.62. The van der Waals surface area contributed by atoms with E-state index >= 15 is 0 Å². The standard InChI is InChI=1S/C39H58N2.2C13H27.Ni/c1-8-15-16-23-33-28-38(34-24-29(17-9-2)36(21-13-6)30(25-34)18-10-3)41(40)39(33)35-26-31(19-11-4)37(22-14-7)32(27-35)20-12-5;2*1-3-5-7-9-11-13-12-10-8-6-4-2;/h24-28H,8-23H2,1-7H3;2*1,3-13H2,2H3;/q;2*-1;+2. The minimum Gasteiger partial charge on any atom is -0.493 e. The van der Waals surface area contributed by atoms with Gasteiger partial charge in [-0.1, -0.05) is 242 Å². The predicted molar refractivity (Wildman–Crippen MR) is 303 cm³/mol.